The summed E-state index contributed by atoms with van der Waals surface area (Å²) < 4.78 is 0. The number of aryl methyl sites for hydroxylation is 1. The number of amides is 6. The van der Waals surface area contributed by atoms with Crippen molar-refractivity contribution in [2.45, 2.75) is 84.1 Å². The molecular formula is C36H49N9O6S2. The van der Waals surface area contributed by atoms with Gasteiger partial charge in [0.25, 0.3) is 11.8 Å². The van der Waals surface area contributed by atoms with Crippen LogP contribution in [-0.4, -0.2) is 105 Å². The number of carbonyl (C=O) groups is 6. The highest BCUT2D eigenvalue weighted by molar-refractivity contribution is 7.98. The number of H-pyrrole nitrogens is 1. The van der Waals surface area contributed by atoms with Gasteiger partial charge in [0.15, 0.2) is 0 Å². The lowest BCUT2D eigenvalue weighted by Crippen LogP contribution is -2.58. The van der Waals surface area contributed by atoms with Gasteiger partial charge in [-0.1, -0.05) is 51.1 Å². The number of thioether (sulfide) groups is 1. The summed E-state index contributed by atoms with van der Waals surface area (Å²) in [5, 5.41) is 16.2. The van der Waals surface area contributed by atoms with Crippen LogP contribution in [0.5, 0.6) is 0 Å². The fraction of sp³-hybridized carbons (Fsp3) is 0.500. The van der Waals surface area contributed by atoms with Crippen LogP contribution in [0.15, 0.2) is 42.0 Å². The van der Waals surface area contributed by atoms with Crippen molar-refractivity contribution in [2.24, 2.45) is 5.92 Å². The van der Waals surface area contributed by atoms with E-state index in [-0.39, 0.29) is 43.2 Å². The first-order chi connectivity index (χ1) is 25.3. The van der Waals surface area contributed by atoms with Gasteiger partial charge >= 0.3 is 0 Å². The number of hydrogen-bond acceptors (Lipinski definition) is 10. The van der Waals surface area contributed by atoms with Crippen LogP contribution in [0, 0.1) is 12.8 Å². The van der Waals surface area contributed by atoms with Gasteiger partial charge in [-0.05, 0) is 56.6 Å². The van der Waals surface area contributed by atoms with Crippen molar-refractivity contribution >= 4 is 58.5 Å². The largest absolute Gasteiger partial charge is 0.349 e. The third-order valence-electron chi connectivity index (χ3n) is 8.80. The van der Waals surface area contributed by atoms with Gasteiger partial charge in [0, 0.05) is 17.6 Å². The summed E-state index contributed by atoms with van der Waals surface area (Å²) in [6, 6.07) is 5.15. The average Bonchev–Trinajstić information content (AvgIpc) is 3.79. The molecule has 0 saturated carbocycles. The molecule has 1 aromatic carbocycles. The monoisotopic (exact) mass is 767 g/mol. The summed E-state index contributed by atoms with van der Waals surface area (Å²) in [4.78, 5) is 94.8. The van der Waals surface area contributed by atoms with Crippen LogP contribution in [-0.2, 0) is 25.6 Å². The lowest BCUT2D eigenvalue weighted by molar-refractivity contribution is -0.132. The van der Waals surface area contributed by atoms with Crippen molar-refractivity contribution in [2.75, 3.05) is 25.1 Å². The second kappa shape index (κ2) is 19.3. The molecule has 1 aliphatic rings. The highest BCUT2D eigenvalue weighted by atomic mass is 32.2. The van der Waals surface area contributed by atoms with E-state index in [4.69, 9.17) is 0 Å². The van der Waals surface area contributed by atoms with Crippen LogP contribution in [0.4, 0.5) is 0 Å². The molecule has 0 spiro atoms. The van der Waals surface area contributed by atoms with Crippen molar-refractivity contribution in [3.63, 3.8) is 0 Å². The first-order valence-corrected chi connectivity index (χ1v) is 19.9. The van der Waals surface area contributed by atoms with E-state index in [0.29, 0.717) is 22.9 Å². The Hall–Kier alpha value is -4.77. The molecule has 0 saturated heterocycles. The number of hydrogen-bond donors (Lipinski definition) is 6. The smallest absolute Gasteiger partial charge is 0.274 e. The number of thiazole rings is 1. The second-order valence-corrected chi connectivity index (χ2v) is 15.2. The molecule has 3 heterocycles. The molecule has 3 aromatic rings. The molecule has 2 aromatic heterocycles. The standard InChI is InChI=1S/C36H49N9O6S2/c1-7-25-32(48)42-26(13-14-52-6)33(49)40-24(15-23-11-9-8-10-12-23)16-45(36(51)30-21(4)37-19-38-30)17-28(46)44-29(20(2)3)35-43-27(18-53-35)34(50)39-22(5)31(47)41-25/h8-12,18-20,22,24-26,29H,7,13-17H2,1-6H3,(H,37,38)(H,39,50)(H,40,49)(H,41,47)(H,42,48)(H,44,46)/t22-,24+,25+,26+,29+/m1/s1. The van der Waals surface area contributed by atoms with Crippen molar-refractivity contribution in [1.29, 1.82) is 0 Å². The van der Waals surface area contributed by atoms with Crippen LogP contribution in [0.3, 0.4) is 0 Å². The lowest BCUT2D eigenvalue weighted by Gasteiger charge is -2.30. The number of imidazole rings is 1. The van der Waals surface area contributed by atoms with Crippen molar-refractivity contribution in [3.8, 4) is 0 Å². The maximum Gasteiger partial charge on any atom is 0.274 e. The van der Waals surface area contributed by atoms with Crippen molar-refractivity contribution < 1.29 is 28.8 Å². The Labute approximate surface area is 317 Å². The summed E-state index contributed by atoms with van der Waals surface area (Å²) in [5.74, 6) is -2.82. The van der Waals surface area contributed by atoms with Crippen LogP contribution < -0.4 is 26.6 Å². The van der Waals surface area contributed by atoms with Gasteiger partial charge in [-0.2, -0.15) is 11.8 Å². The highest BCUT2D eigenvalue weighted by Crippen LogP contribution is 2.25. The Kier molecular flexibility index (Phi) is 15.0. The third-order valence-corrected chi connectivity index (χ3v) is 10.4. The molecule has 15 nitrogen and oxygen atoms in total. The molecule has 5 atom stereocenters. The normalized spacial score (nSPS) is 22.6. The summed E-state index contributed by atoms with van der Waals surface area (Å²) in [6.45, 7) is 8.29. The minimum atomic E-state index is -1.01. The Bertz CT molecular complexity index is 1750. The molecule has 17 heteroatoms. The van der Waals surface area contributed by atoms with Crippen LogP contribution in [0.25, 0.3) is 0 Å². The third kappa shape index (κ3) is 11.4. The number of fused-ring (bicyclic) bond motifs is 2. The second-order valence-electron chi connectivity index (χ2n) is 13.3. The van der Waals surface area contributed by atoms with Gasteiger partial charge in [-0.25, -0.2) is 9.97 Å². The minimum Gasteiger partial charge on any atom is -0.349 e. The number of benzene rings is 1. The first kappa shape index (κ1) is 41.0. The predicted molar refractivity (Wildman–Crippen MR) is 203 cm³/mol. The van der Waals surface area contributed by atoms with E-state index in [1.165, 1.54) is 41.2 Å². The summed E-state index contributed by atoms with van der Waals surface area (Å²) in [6.07, 6.45) is 4.11. The molecule has 0 fully saturated rings. The van der Waals surface area contributed by atoms with Crippen molar-refractivity contribution in [1.82, 2.24) is 46.4 Å². The zero-order chi connectivity index (χ0) is 38.7. The van der Waals surface area contributed by atoms with Crippen LogP contribution in [0.2, 0.25) is 0 Å². The lowest BCUT2D eigenvalue weighted by atomic mass is 10.0. The average molecular weight is 768 g/mol. The topological polar surface area (TPSA) is 207 Å². The quantitative estimate of drug-likeness (QED) is 0.198. The van der Waals surface area contributed by atoms with Gasteiger partial charge in [0.05, 0.1) is 25.0 Å². The summed E-state index contributed by atoms with van der Waals surface area (Å²) in [7, 11) is 0. The molecule has 4 rings (SSSR count). The Morgan fingerprint density at radius 3 is 2.32 bits per heavy atom. The molecule has 0 unspecified atom stereocenters. The van der Waals surface area contributed by atoms with E-state index in [2.05, 4.69) is 41.5 Å². The van der Waals surface area contributed by atoms with E-state index in [1.807, 2.05) is 50.4 Å². The van der Waals surface area contributed by atoms with E-state index >= 15 is 0 Å². The maximum atomic E-state index is 14.1. The van der Waals surface area contributed by atoms with Crippen molar-refractivity contribution in [3.05, 3.63) is 69.7 Å². The fourth-order valence-corrected chi connectivity index (χ4v) is 7.27. The Morgan fingerprint density at radius 1 is 0.981 bits per heavy atom. The molecule has 0 radical (unpaired) electrons. The summed E-state index contributed by atoms with van der Waals surface area (Å²) >= 11 is 2.69. The predicted octanol–water partition coefficient (Wildman–Crippen LogP) is 2.12. The van der Waals surface area contributed by atoms with E-state index in [0.717, 1.165) is 5.56 Å². The van der Waals surface area contributed by atoms with Crippen LogP contribution in [0.1, 0.15) is 83.8 Å². The maximum absolute atomic E-state index is 14.1. The number of aromatic amines is 1. The first-order valence-electron chi connectivity index (χ1n) is 17.6. The van der Waals surface area contributed by atoms with Gasteiger partial charge in [-0.15, -0.1) is 11.3 Å². The molecule has 286 valence electrons. The number of carbonyl (C=O) groups excluding carboxylic acids is 6. The molecule has 1 aliphatic heterocycles. The summed E-state index contributed by atoms with van der Waals surface area (Å²) in [5.41, 5.74) is 1.60. The Balaban J connectivity index is 1.76. The number of nitrogens with one attached hydrogen (secondary N) is 6. The highest BCUT2D eigenvalue weighted by Gasteiger charge is 2.32. The SMILES string of the molecule is CC[C@@H]1NC(=O)[C@@H](C)NC(=O)c2csc(n2)[C@H](C(C)C)NC(=O)CN(C(=O)c2nc[nH]c2C)C[C@H](Cc2ccccc2)NC(=O)[C@H](CCSC)NC1=O. The van der Waals surface area contributed by atoms with Gasteiger partial charge in [-0.3, -0.25) is 28.8 Å². The fourth-order valence-electron chi connectivity index (χ4n) is 5.77. The Morgan fingerprint density at radius 2 is 1.68 bits per heavy atom. The molecular weight excluding hydrogens is 719 g/mol. The van der Waals surface area contributed by atoms with E-state index in [9.17, 15) is 28.8 Å². The molecule has 0 aliphatic carbocycles. The molecule has 53 heavy (non-hydrogen) atoms. The molecule has 6 amide bonds. The zero-order valence-corrected chi connectivity index (χ0v) is 32.5. The zero-order valence-electron chi connectivity index (χ0n) is 30.9. The van der Waals surface area contributed by atoms with E-state index in [1.54, 1.807) is 19.2 Å². The number of rotatable bonds is 8. The molecule has 2 bridgehead atoms. The van der Waals surface area contributed by atoms with Gasteiger partial charge in [0.2, 0.25) is 23.6 Å². The van der Waals surface area contributed by atoms with Gasteiger partial charge < -0.3 is 36.5 Å². The van der Waals surface area contributed by atoms with Gasteiger partial charge in [0.1, 0.15) is 34.5 Å². The number of nitrogens with zero attached hydrogens (tertiary/aromatic N) is 3. The minimum absolute atomic E-state index is 0.0658. The number of aromatic nitrogens is 3. The molecule has 6 N–H and O–H groups in total. The van der Waals surface area contributed by atoms with E-state index < -0.39 is 65.7 Å². The van der Waals surface area contributed by atoms with Crippen LogP contribution >= 0.6 is 23.1 Å².